The number of allylic oxidation sites excluding steroid dienone is 4. The largest absolute Gasteiger partial charge is 0.481 e. The van der Waals surface area contributed by atoms with Crippen LogP contribution >= 0.6 is 0 Å². The van der Waals surface area contributed by atoms with Crippen LogP contribution in [-0.4, -0.2) is 127 Å². The smallest absolute Gasteiger partial charge is 0.310 e. The maximum Gasteiger partial charge on any atom is 0.310 e. The lowest BCUT2D eigenvalue weighted by molar-refractivity contribution is -0.372. The highest BCUT2D eigenvalue weighted by atomic mass is 16.7. The summed E-state index contributed by atoms with van der Waals surface area (Å²) in [6.07, 6.45) is 14.3. The Labute approximate surface area is 412 Å². The van der Waals surface area contributed by atoms with Gasteiger partial charge >= 0.3 is 5.97 Å². The number of aliphatic hydroxyl groups excluding tert-OH is 6. The molecule has 1 amide bonds. The van der Waals surface area contributed by atoms with Gasteiger partial charge < -0.3 is 61.3 Å². The van der Waals surface area contributed by atoms with Crippen molar-refractivity contribution in [2.24, 2.45) is 79.1 Å². The van der Waals surface area contributed by atoms with Crippen molar-refractivity contribution in [2.45, 2.75) is 185 Å². The predicted octanol–water partition coefficient (Wildman–Crippen LogP) is 4.85. The summed E-state index contributed by atoms with van der Waals surface area (Å²) in [6, 6.07) is -0.313. The lowest BCUT2D eigenvalue weighted by atomic mass is 9.20. The Morgan fingerprint density at radius 1 is 0.971 bits per heavy atom. The van der Waals surface area contributed by atoms with E-state index in [4.69, 9.17) is 15.2 Å². The molecule has 10 aliphatic rings. The summed E-state index contributed by atoms with van der Waals surface area (Å²) in [4.78, 5) is 35.8. The Hall–Kier alpha value is -2.73. The van der Waals surface area contributed by atoms with Crippen LogP contribution in [0.25, 0.3) is 0 Å². The zero-order chi connectivity index (χ0) is 49.4. The minimum Gasteiger partial charge on any atom is -0.481 e. The molecule has 8 fully saturated rings. The van der Waals surface area contributed by atoms with Crippen molar-refractivity contribution in [3.05, 3.63) is 41.5 Å². The van der Waals surface area contributed by atoms with Crippen LogP contribution in [0.3, 0.4) is 0 Å². The Balaban J connectivity index is 1.16. The first-order chi connectivity index (χ1) is 33.5. The van der Waals surface area contributed by atoms with Gasteiger partial charge in [-0.2, -0.15) is 0 Å². The predicted molar refractivity (Wildman–Crippen MR) is 257 cm³/mol. The Kier molecular flexibility index (Phi) is 12.3. The molecule has 15 nitrogen and oxygen atoms in total. The number of carboxylic acids is 1. The van der Waals surface area contributed by atoms with Crippen molar-refractivity contribution in [3.63, 3.8) is 0 Å². The zero-order valence-corrected chi connectivity index (χ0v) is 41.7. The van der Waals surface area contributed by atoms with E-state index in [0.29, 0.717) is 38.6 Å². The topological polar surface area (TPSA) is 261 Å². The molecule has 2 spiro atoms. The fourth-order valence-corrected chi connectivity index (χ4v) is 20.1. The normalized spacial score (nSPS) is 50.2. The molecule has 0 unspecified atom stereocenters. The summed E-state index contributed by atoms with van der Waals surface area (Å²) < 4.78 is 12.9. The number of rotatable bonds is 12. The lowest BCUT2D eigenvalue weighted by Gasteiger charge is -2.84. The summed E-state index contributed by atoms with van der Waals surface area (Å²) in [7, 11) is 0. The second-order valence-electron chi connectivity index (χ2n) is 25.5. The molecule has 388 valence electrons. The molecule has 8 aliphatic carbocycles. The number of amides is 1. The van der Waals surface area contributed by atoms with Gasteiger partial charge in [-0.3, -0.25) is 9.59 Å². The first kappa shape index (κ1) is 49.5. The van der Waals surface area contributed by atoms with Gasteiger partial charge in [0.25, 0.3) is 0 Å². The molecule has 2 bridgehead atoms. The molecule has 1 aromatic heterocycles. The second kappa shape index (κ2) is 17.4. The van der Waals surface area contributed by atoms with Gasteiger partial charge in [-0.1, -0.05) is 63.3 Å². The molecule has 20 atom stereocenters. The van der Waals surface area contributed by atoms with Gasteiger partial charge in [0.05, 0.1) is 37.2 Å². The summed E-state index contributed by atoms with van der Waals surface area (Å²) in [6.45, 7) is 6.65. The average Bonchev–Trinajstić information content (AvgIpc) is 4.03. The van der Waals surface area contributed by atoms with Crippen LogP contribution in [0, 0.1) is 73.4 Å². The number of carbonyl (C=O) groups excluding carboxylic acids is 1. The molecule has 70 heavy (non-hydrogen) atoms. The fraction of sp³-hybridized carbons (Fsp3) is 0.836. The number of ether oxygens (including phenoxy) is 2. The first-order valence-corrected chi connectivity index (χ1v) is 27.3. The Morgan fingerprint density at radius 3 is 2.44 bits per heavy atom. The fourth-order valence-electron chi connectivity index (χ4n) is 20.1. The van der Waals surface area contributed by atoms with Crippen LogP contribution in [0.1, 0.15) is 148 Å². The van der Waals surface area contributed by atoms with Gasteiger partial charge in [0.2, 0.25) is 5.91 Å². The van der Waals surface area contributed by atoms with E-state index < -0.39 is 70.4 Å². The van der Waals surface area contributed by atoms with Crippen molar-refractivity contribution >= 4 is 11.9 Å². The van der Waals surface area contributed by atoms with E-state index >= 15 is 0 Å². The van der Waals surface area contributed by atoms with Gasteiger partial charge in [0.15, 0.2) is 6.29 Å². The van der Waals surface area contributed by atoms with Crippen molar-refractivity contribution < 1.29 is 54.8 Å². The Morgan fingerprint density at radius 2 is 1.74 bits per heavy atom. The van der Waals surface area contributed by atoms with Crippen molar-refractivity contribution in [1.82, 2.24) is 15.3 Å². The number of hydrogen-bond donors (Lipinski definition) is 10. The third kappa shape index (κ3) is 6.40. The molecule has 0 radical (unpaired) electrons. The maximum absolute atomic E-state index is 14.2. The minimum atomic E-state index is -1.61. The number of carbonyl (C=O) groups is 2. The van der Waals surface area contributed by atoms with E-state index in [9.17, 15) is 45.3 Å². The number of imidazole rings is 1. The number of carboxylic acid groups (broad SMARTS) is 1. The van der Waals surface area contributed by atoms with Gasteiger partial charge in [-0.25, -0.2) is 4.98 Å². The number of H-pyrrole nitrogens is 1. The van der Waals surface area contributed by atoms with Crippen LogP contribution in [0.15, 0.2) is 35.8 Å². The lowest BCUT2D eigenvalue weighted by Crippen LogP contribution is -2.81. The third-order valence-corrected chi connectivity index (χ3v) is 23.1. The summed E-state index contributed by atoms with van der Waals surface area (Å²) in [5.41, 5.74) is 5.60. The van der Waals surface area contributed by atoms with Crippen molar-refractivity contribution in [2.75, 3.05) is 26.4 Å². The van der Waals surface area contributed by atoms with E-state index in [0.717, 1.165) is 82.7 Å². The molecule has 11 rings (SSSR count). The summed E-state index contributed by atoms with van der Waals surface area (Å²) >= 11 is 0. The van der Waals surface area contributed by atoms with E-state index in [1.807, 2.05) is 6.20 Å². The highest BCUT2D eigenvalue weighted by Gasteiger charge is 2.85. The van der Waals surface area contributed by atoms with E-state index in [2.05, 4.69) is 48.2 Å². The summed E-state index contributed by atoms with van der Waals surface area (Å²) in [5.74, 6) is -2.21. The maximum atomic E-state index is 14.2. The average molecular weight is 975 g/mol. The number of nitrogens with two attached hydrogens (primary N) is 1. The number of aromatic nitrogens is 2. The number of hydrogen-bond acceptors (Lipinski definition) is 12. The molecule has 0 aromatic carbocycles. The number of aromatic amines is 1. The van der Waals surface area contributed by atoms with Gasteiger partial charge in [0, 0.05) is 53.6 Å². The van der Waals surface area contributed by atoms with Gasteiger partial charge in [-0.05, 0) is 148 Å². The molecule has 3 heterocycles. The van der Waals surface area contributed by atoms with Gasteiger partial charge in [0.1, 0.15) is 18.3 Å². The SMILES string of the molecule is C[C@]1(CO)CC[C@]2(C(=O)O)CC[C@@]34CCC5=C[C@@H]([C@H]6CC(=O)N[C@@H]6[C@H](CCCN)c6cnc[nH]6)[C@H]6[C@@H](O)[C@@H](O[C@@H]7OC[C@@H](O)[C@H](O)[C@H]7O)[C@@](C)(CO)[C@H]7CC[C@]3(C)[C@]5(CC=C4[C@@H]2C1)[C@@]67C1CCCCC1. The van der Waals surface area contributed by atoms with E-state index in [1.165, 1.54) is 11.1 Å². The van der Waals surface area contributed by atoms with Crippen LogP contribution in [-0.2, 0) is 19.1 Å². The van der Waals surface area contributed by atoms with Crippen LogP contribution in [0.5, 0.6) is 0 Å². The zero-order valence-electron chi connectivity index (χ0n) is 41.7. The van der Waals surface area contributed by atoms with Crippen molar-refractivity contribution in [3.8, 4) is 0 Å². The molecule has 11 N–H and O–H groups in total. The number of nitrogens with one attached hydrogen (secondary N) is 2. The summed E-state index contributed by atoms with van der Waals surface area (Å²) in [5, 5.41) is 85.0. The quantitative estimate of drug-likeness (QED) is 0.0994. The van der Waals surface area contributed by atoms with Crippen LogP contribution < -0.4 is 11.1 Å². The molecule has 1 aromatic rings. The molecular weight excluding hydrogens is 893 g/mol. The van der Waals surface area contributed by atoms with Crippen LogP contribution in [0.4, 0.5) is 0 Å². The molecule has 6 saturated carbocycles. The van der Waals surface area contributed by atoms with Crippen molar-refractivity contribution in [1.29, 1.82) is 0 Å². The number of aliphatic hydroxyl groups is 6. The monoisotopic (exact) mass is 975 g/mol. The number of nitrogens with zero attached hydrogens (tertiary/aromatic N) is 1. The number of fused-ring (bicyclic) bond motifs is 2. The molecular formula is C55H82N4O11. The number of aliphatic carboxylic acids is 1. The van der Waals surface area contributed by atoms with Crippen LogP contribution in [0.2, 0.25) is 0 Å². The highest BCUT2D eigenvalue weighted by Crippen LogP contribution is 2.89. The second-order valence-corrected chi connectivity index (χ2v) is 25.5. The molecule has 2 aliphatic heterocycles. The van der Waals surface area contributed by atoms with E-state index in [1.54, 1.807) is 6.33 Å². The standard InChI is InChI=1S/C55H82N4O11/c1-49(27-60)17-18-52(48(67)68)19-20-53-15-11-31-22-33(34-23-40(63)59-42(34)32(10-7-21-56)37-25-57-29-58-37)41-44(65)46(70-47-45(66)43(64)38(62)26-69-47)50(2,28-61)39-13-14-51(53,3)54(31,16-12-35(53)36(52)24-49)55(39,41)30-8-5-4-6-9-30/h12,22,25,29-30,32-34,36,38-39,41-47,60-62,64-66H,4-11,13-21,23-24,26-28,56H2,1-3H3,(H,57,58)(H,59,63)(H,67,68)/t32-,33+,34-,36+,38-,39-,41+,42-,43+,44-,45-,46-,47+,49+,50+,51+,52+,53-,54-,55-/m1/s1. The van der Waals surface area contributed by atoms with Gasteiger partial charge in [-0.15, -0.1) is 0 Å². The first-order valence-electron chi connectivity index (χ1n) is 27.3. The molecule has 2 saturated heterocycles. The molecule has 15 heteroatoms. The highest BCUT2D eigenvalue weighted by molar-refractivity contribution is 5.79. The minimum absolute atomic E-state index is 0.0133. The van der Waals surface area contributed by atoms with E-state index in [-0.39, 0.29) is 89.9 Å². The Bertz CT molecular complexity index is 2240. The third-order valence-electron chi connectivity index (χ3n) is 23.1.